The lowest BCUT2D eigenvalue weighted by molar-refractivity contribution is 0.793. The molecule has 4 rings (SSSR count). The third-order valence-corrected chi connectivity index (χ3v) is 3.88. The molecule has 0 saturated carbocycles. The smallest absolute Gasteiger partial charge is 0.272 e. The molecule has 0 aliphatic heterocycles. The van der Waals surface area contributed by atoms with Crippen molar-refractivity contribution in [2.45, 2.75) is 6.92 Å². The maximum Gasteiger partial charge on any atom is 0.272 e. The average Bonchev–Trinajstić information content (AvgIpc) is 2.62. The Hall–Kier alpha value is -3.61. The van der Waals surface area contributed by atoms with Gasteiger partial charge in [-0.15, -0.1) is 0 Å². The summed E-state index contributed by atoms with van der Waals surface area (Å²) in [7, 11) is 0. The summed E-state index contributed by atoms with van der Waals surface area (Å²) in [6.45, 7) is 1.76. The summed E-state index contributed by atoms with van der Waals surface area (Å²) in [5.74, 6) is 0.613. The van der Waals surface area contributed by atoms with Crippen LogP contribution in [0.15, 0.2) is 64.6 Å². The summed E-state index contributed by atoms with van der Waals surface area (Å²) in [6, 6.07) is 10.5. The van der Waals surface area contributed by atoms with Crippen molar-refractivity contribution in [1.82, 2.24) is 24.7 Å². The SMILES string of the molecule is Cc1ncc(-n2ncc(-c3cc4ccccc4c(=O)[nH]3)cc2=O)cn1. The number of hydrogen-bond donors (Lipinski definition) is 1. The molecule has 1 aromatic carbocycles. The summed E-state index contributed by atoms with van der Waals surface area (Å²) in [6.07, 6.45) is 4.60. The fourth-order valence-corrected chi connectivity index (χ4v) is 2.61. The second-order valence-corrected chi connectivity index (χ2v) is 5.58. The molecular formula is C18H13N5O2. The van der Waals surface area contributed by atoms with Crippen LogP contribution in [0, 0.1) is 6.92 Å². The first-order valence-electron chi connectivity index (χ1n) is 7.63. The zero-order valence-corrected chi connectivity index (χ0v) is 13.3. The molecule has 0 bridgehead atoms. The molecule has 122 valence electrons. The largest absolute Gasteiger partial charge is 0.321 e. The predicted molar refractivity (Wildman–Crippen MR) is 93.7 cm³/mol. The van der Waals surface area contributed by atoms with E-state index in [0.29, 0.717) is 28.2 Å². The van der Waals surface area contributed by atoms with Gasteiger partial charge >= 0.3 is 0 Å². The molecule has 0 aliphatic carbocycles. The van der Waals surface area contributed by atoms with Gasteiger partial charge in [-0.2, -0.15) is 9.78 Å². The Balaban J connectivity index is 1.82. The van der Waals surface area contributed by atoms with Crippen molar-refractivity contribution >= 4 is 10.8 Å². The van der Waals surface area contributed by atoms with Crippen molar-refractivity contribution in [3.8, 4) is 16.9 Å². The predicted octanol–water partition coefficient (Wildman–Crippen LogP) is 1.84. The standard InChI is InChI=1S/C18H13N5O2/c1-11-19-9-14(10-20-11)23-17(24)7-13(8-21-23)16-6-12-4-2-3-5-15(12)18(25)22-16/h2-10H,1H3,(H,22,25). The summed E-state index contributed by atoms with van der Waals surface area (Å²) in [5.41, 5.74) is 1.02. The first-order chi connectivity index (χ1) is 12.1. The Morgan fingerprint density at radius 1 is 1.00 bits per heavy atom. The number of aromatic nitrogens is 5. The summed E-state index contributed by atoms with van der Waals surface area (Å²) < 4.78 is 1.21. The van der Waals surface area contributed by atoms with Gasteiger partial charge in [0.1, 0.15) is 11.5 Å². The summed E-state index contributed by atoms with van der Waals surface area (Å²) >= 11 is 0. The molecule has 1 N–H and O–H groups in total. The van der Waals surface area contributed by atoms with Crippen molar-refractivity contribution in [1.29, 1.82) is 0 Å². The second-order valence-electron chi connectivity index (χ2n) is 5.58. The molecule has 0 aliphatic rings. The number of hydrogen-bond acceptors (Lipinski definition) is 5. The van der Waals surface area contributed by atoms with E-state index in [1.807, 2.05) is 24.3 Å². The van der Waals surface area contributed by atoms with Gasteiger partial charge in [0, 0.05) is 17.0 Å². The quantitative estimate of drug-likeness (QED) is 0.605. The minimum atomic E-state index is -0.334. The number of nitrogens with zero attached hydrogens (tertiary/aromatic N) is 4. The molecule has 0 radical (unpaired) electrons. The Bertz CT molecular complexity index is 1190. The third kappa shape index (κ3) is 2.72. The van der Waals surface area contributed by atoms with Gasteiger partial charge in [0.15, 0.2) is 0 Å². The van der Waals surface area contributed by atoms with E-state index in [1.165, 1.54) is 29.3 Å². The van der Waals surface area contributed by atoms with Crippen molar-refractivity contribution in [2.75, 3.05) is 0 Å². The normalized spacial score (nSPS) is 10.9. The van der Waals surface area contributed by atoms with Crippen molar-refractivity contribution in [3.05, 3.63) is 81.5 Å². The van der Waals surface area contributed by atoms with Crippen molar-refractivity contribution < 1.29 is 0 Å². The molecule has 7 nitrogen and oxygen atoms in total. The van der Waals surface area contributed by atoms with Crippen LogP contribution < -0.4 is 11.1 Å². The number of fused-ring (bicyclic) bond motifs is 1. The van der Waals surface area contributed by atoms with Crippen LogP contribution in [0.2, 0.25) is 0 Å². The van der Waals surface area contributed by atoms with Gasteiger partial charge in [0.2, 0.25) is 0 Å². The number of pyridine rings is 1. The maximum absolute atomic E-state index is 12.4. The van der Waals surface area contributed by atoms with Gasteiger partial charge in [-0.1, -0.05) is 18.2 Å². The van der Waals surface area contributed by atoms with E-state index in [1.54, 1.807) is 13.0 Å². The molecule has 3 aromatic heterocycles. The third-order valence-electron chi connectivity index (χ3n) is 3.88. The molecule has 25 heavy (non-hydrogen) atoms. The second kappa shape index (κ2) is 5.79. The topological polar surface area (TPSA) is 93.5 Å². The number of benzene rings is 1. The lowest BCUT2D eigenvalue weighted by Gasteiger charge is -2.06. The number of rotatable bonds is 2. The molecule has 0 unspecified atom stereocenters. The van der Waals surface area contributed by atoms with Gasteiger partial charge in [-0.25, -0.2) is 9.97 Å². The minimum Gasteiger partial charge on any atom is -0.321 e. The Morgan fingerprint density at radius 2 is 1.76 bits per heavy atom. The van der Waals surface area contributed by atoms with Gasteiger partial charge in [-0.05, 0) is 24.4 Å². The van der Waals surface area contributed by atoms with Gasteiger partial charge in [-0.3, -0.25) is 9.59 Å². The van der Waals surface area contributed by atoms with E-state index >= 15 is 0 Å². The van der Waals surface area contributed by atoms with Crippen LogP contribution in [-0.4, -0.2) is 24.7 Å². The number of aryl methyl sites for hydroxylation is 1. The molecule has 0 atom stereocenters. The molecule has 3 heterocycles. The van der Waals surface area contributed by atoms with Crippen LogP contribution in [0.3, 0.4) is 0 Å². The van der Waals surface area contributed by atoms with Crippen molar-refractivity contribution in [3.63, 3.8) is 0 Å². The van der Waals surface area contributed by atoms with Crippen LogP contribution in [0.25, 0.3) is 27.7 Å². The van der Waals surface area contributed by atoms with Crippen LogP contribution in [-0.2, 0) is 0 Å². The molecule has 0 amide bonds. The van der Waals surface area contributed by atoms with Crippen LogP contribution >= 0.6 is 0 Å². The highest BCUT2D eigenvalue weighted by Gasteiger charge is 2.08. The fraction of sp³-hybridized carbons (Fsp3) is 0.0556. The molecule has 0 fully saturated rings. The Morgan fingerprint density at radius 3 is 2.52 bits per heavy atom. The highest BCUT2D eigenvalue weighted by atomic mass is 16.1. The van der Waals surface area contributed by atoms with Crippen LogP contribution in [0.1, 0.15) is 5.82 Å². The Kier molecular flexibility index (Phi) is 3.46. The first kappa shape index (κ1) is 14.9. The summed E-state index contributed by atoms with van der Waals surface area (Å²) in [4.78, 5) is 35.5. The maximum atomic E-state index is 12.4. The van der Waals surface area contributed by atoms with Gasteiger partial charge < -0.3 is 4.98 Å². The van der Waals surface area contributed by atoms with E-state index in [9.17, 15) is 9.59 Å². The average molecular weight is 331 g/mol. The fourth-order valence-electron chi connectivity index (χ4n) is 2.61. The molecule has 4 aromatic rings. The zero-order chi connectivity index (χ0) is 17.4. The van der Waals surface area contributed by atoms with Crippen molar-refractivity contribution in [2.24, 2.45) is 0 Å². The highest BCUT2D eigenvalue weighted by Crippen LogP contribution is 2.18. The lowest BCUT2D eigenvalue weighted by Crippen LogP contribution is -2.21. The van der Waals surface area contributed by atoms with Crippen LogP contribution in [0.4, 0.5) is 0 Å². The molecular weight excluding hydrogens is 318 g/mol. The number of nitrogens with one attached hydrogen (secondary N) is 1. The minimum absolute atomic E-state index is 0.204. The number of aromatic amines is 1. The van der Waals surface area contributed by atoms with E-state index in [2.05, 4.69) is 20.1 Å². The van der Waals surface area contributed by atoms with E-state index in [4.69, 9.17) is 0 Å². The summed E-state index contributed by atoms with van der Waals surface area (Å²) in [5, 5.41) is 5.57. The molecule has 0 saturated heterocycles. The van der Waals surface area contributed by atoms with E-state index in [-0.39, 0.29) is 11.1 Å². The zero-order valence-electron chi connectivity index (χ0n) is 13.3. The lowest BCUT2D eigenvalue weighted by atomic mass is 10.1. The molecule has 0 spiro atoms. The van der Waals surface area contributed by atoms with E-state index < -0.39 is 0 Å². The van der Waals surface area contributed by atoms with Gasteiger partial charge in [0.05, 0.1) is 24.3 Å². The van der Waals surface area contributed by atoms with E-state index in [0.717, 1.165) is 5.39 Å². The first-order valence-corrected chi connectivity index (χ1v) is 7.63. The Labute approximate surface area is 141 Å². The monoisotopic (exact) mass is 331 g/mol. The highest BCUT2D eigenvalue weighted by molar-refractivity contribution is 5.84. The number of H-pyrrole nitrogens is 1. The van der Waals surface area contributed by atoms with Gasteiger partial charge in [0.25, 0.3) is 11.1 Å². The van der Waals surface area contributed by atoms with Crippen LogP contribution in [0.5, 0.6) is 0 Å². The molecule has 7 heteroatoms.